The molecular weight excluding hydrogens is 236 g/mol. The molecule has 2 unspecified atom stereocenters. The number of amides is 1. The minimum atomic E-state index is 0.0827. The van der Waals surface area contributed by atoms with E-state index in [1.807, 2.05) is 0 Å². The summed E-state index contributed by atoms with van der Waals surface area (Å²) in [6, 6.07) is 0.0908. The van der Waals surface area contributed by atoms with Gasteiger partial charge in [0.1, 0.15) is 0 Å². The molecule has 0 aromatic carbocycles. The van der Waals surface area contributed by atoms with E-state index in [1.165, 1.54) is 0 Å². The Morgan fingerprint density at radius 3 is 2.00 bits per heavy atom. The second kappa shape index (κ2) is 7.88. The molecule has 0 aromatic rings. The minimum absolute atomic E-state index is 0.0827. The predicted octanol–water partition coefficient (Wildman–Crippen LogP) is 3.03. The average molecular weight is 268 g/mol. The van der Waals surface area contributed by atoms with Crippen molar-refractivity contribution in [3.05, 3.63) is 0 Å². The standard InChI is InChI=1S/C16H32N2O/c1-12(2)8-10-18(11-9-13(3)4)16(19)14-6-5-7-15(14)17/h12-15H,5-11,17H2,1-4H3. The third-order valence-electron chi connectivity index (χ3n) is 4.15. The molecule has 0 heterocycles. The summed E-state index contributed by atoms with van der Waals surface area (Å²) in [5.41, 5.74) is 6.08. The molecule has 3 nitrogen and oxygen atoms in total. The van der Waals surface area contributed by atoms with Gasteiger partial charge in [-0.05, 0) is 37.5 Å². The van der Waals surface area contributed by atoms with Crippen LogP contribution in [0.1, 0.15) is 59.8 Å². The zero-order valence-corrected chi connectivity index (χ0v) is 13.2. The zero-order chi connectivity index (χ0) is 14.4. The summed E-state index contributed by atoms with van der Waals surface area (Å²) in [6.07, 6.45) is 5.29. The van der Waals surface area contributed by atoms with Crippen molar-refractivity contribution in [2.45, 2.75) is 65.8 Å². The minimum Gasteiger partial charge on any atom is -0.342 e. The van der Waals surface area contributed by atoms with E-state index >= 15 is 0 Å². The van der Waals surface area contributed by atoms with Crippen LogP contribution in [0.2, 0.25) is 0 Å². The Morgan fingerprint density at radius 2 is 1.63 bits per heavy atom. The van der Waals surface area contributed by atoms with Crippen molar-refractivity contribution in [2.75, 3.05) is 13.1 Å². The van der Waals surface area contributed by atoms with Gasteiger partial charge in [-0.25, -0.2) is 0 Å². The van der Waals surface area contributed by atoms with E-state index < -0.39 is 0 Å². The van der Waals surface area contributed by atoms with Crippen molar-refractivity contribution in [3.8, 4) is 0 Å². The fraction of sp³-hybridized carbons (Fsp3) is 0.938. The molecule has 2 atom stereocenters. The van der Waals surface area contributed by atoms with Crippen LogP contribution in [0.5, 0.6) is 0 Å². The molecule has 0 aliphatic heterocycles. The molecule has 0 spiro atoms. The molecule has 0 saturated heterocycles. The summed E-state index contributed by atoms with van der Waals surface area (Å²) in [6.45, 7) is 10.6. The Kier molecular flexibility index (Phi) is 6.84. The van der Waals surface area contributed by atoms with Gasteiger partial charge in [-0.15, -0.1) is 0 Å². The smallest absolute Gasteiger partial charge is 0.227 e. The molecule has 1 rings (SSSR count). The first-order chi connectivity index (χ1) is 8.91. The van der Waals surface area contributed by atoms with Gasteiger partial charge in [0.25, 0.3) is 0 Å². The van der Waals surface area contributed by atoms with Crippen LogP contribution >= 0.6 is 0 Å². The van der Waals surface area contributed by atoms with Crippen LogP contribution in [0.15, 0.2) is 0 Å². The average Bonchev–Trinajstić information content (AvgIpc) is 2.74. The summed E-state index contributed by atoms with van der Waals surface area (Å²) in [5.74, 6) is 1.68. The first-order valence-corrected chi connectivity index (χ1v) is 7.96. The summed E-state index contributed by atoms with van der Waals surface area (Å²) >= 11 is 0. The highest BCUT2D eigenvalue weighted by Gasteiger charge is 2.33. The van der Waals surface area contributed by atoms with Crippen molar-refractivity contribution in [3.63, 3.8) is 0 Å². The lowest BCUT2D eigenvalue weighted by atomic mass is 10.0. The lowest BCUT2D eigenvalue weighted by molar-refractivity contribution is -0.136. The highest BCUT2D eigenvalue weighted by atomic mass is 16.2. The maximum atomic E-state index is 12.6. The van der Waals surface area contributed by atoms with Gasteiger partial charge in [0, 0.05) is 19.1 Å². The molecule has 1 aliphatic carbocycles. The van der Waals surface area contributed by atoms with Crippen molar-refractivity contribution < 1.29 is 4.79 Å². The van der Waals surface area contributed by atoms with Gasteiger partial charge in [-0.3, -0.25) is 4.79 Å². The number of hydrogen-bond donors (Lipinski definition) is 1. The molecule has 1 aliphatic rings. The first kappa shape index (κ1) is 16.5. The van der Waals surface area contributed by atoms with E-state index in [4.69, 9.17) is 5.73 Å². The molecule has 0 bridgehead atoms. The molecule has 2 N–H and O–H groups in total. The van der Waals surface area contributed by atoms with Gasteiger partial charge in [-0.2, -0.15) is 0 Å². The van der Waals surface area contributed by atoms with Gasteiger partial charge in [0.15, 0.2) is 0 Å². The van der Waals surface area contributed by atoms with Crippen LogP contribution in [0, 0.1) is 17.8 Å². The highest BCUT2D eigenvalue weighted by Crippen LogP contribution is 2.26. The SMILES string of the molecule is CC(C)CCN(CCC(C)C)C(=O)C1CCCC1N. The van der Waals surface area contributed by atoms with E-state index in [0.717, 1.165) is 45.2 Å². The van der Waals surface area contributed by atoms with Gasteiger partial charge >= 0.3 is 0 Å². The van der Waals surface area contributed by atoms with E-state index in [-0.39, 0.29) is 12.0 Å². The Bertz CT molecular complexity index is 264. The molecular formula is C16H32N2O. The van der Waals surface area contributed by atoms with Crippen LogP contribution < -0.4 is 5.73 Å². The molecule has 112 valence electrons. The monoisotopic (exact) mass is 268 g/mol. The normalized spacial score (nSPS) is 23.3. The van der Waals surface area contributed by atoms with Crippen molar-refractivity contribution in [1.82, 2.24) is 4.90 Å². The van der Waals surface area contributed by atoms with Crippen LogP contribution in [0.25, 0.3) is 0 Å². The van der Waals surface area contributed by atoms with E-state index in [9.17, 15) is 4.79 Å². The van der Waals surface area contributed by atoms with Gasteiger partial charge in [0.2, 0.25) is 5.91 Å². The summed E-state index contributed by atoms with van der Waals surface area (Å²) < 4.78 is 0. The van der Waals surface area contributed by atoms with Crippen LogP contribution in [-0.4, -0.2) is 29.9 Å². The molecule has 0 radical (unpaired) electrons. The Hall–Kier alpha value is -0.570. The second-order valence-corrected chi connectivity index (χ2v) is 6.89. The van der Waals surface area contributed by atoms with Crippen molar-refractivity contribution in [1.29, 1.82) is 0 Å². The molecule has 1 fully saturated rings. The Morgan fingerprint density at radius 1 is 1.11 bits per heavy atom. The number of carbonyl (C=O) groups is 1. The van der Waals surface area contributed by atoms with Gasteiger partial charge < -0.3 is 10.6 Å². The molecule has 3 heteroatoms. The summed E-state index contributed by atoms with van der Waals surface area (Å²) in [5, 5.41) is 0. The van der Waals surface area contributed by atoms with E-state index in [0.29, 0.717) is 17.7 Å². The third kappa shape index (κ3) is 5.52. The molecule has 0 aromatic heterocycles. The fourth-order valence-electron chi connectivity index (χ4n) is 2.69. The zero-order valence-electron chi connectivity index (χ0n) is 13.2. The third-order valence-corrected chi connectivity index (χ3v) is 4.15. The highest BCUT2D eigenvalue weighted by molar-refractivity contribution is 5.79. The maximum Gasteiger partial charge on any atom is 0.227 e. The maximum absolute atomic E-state index is 12.6. The lowest BCUT2D eigenvalue weighted by Crippen LogP contribution is -2.43. The van der Waals surface area contributed by atoms with Crippen LogP contribution in [0.3, 0.4) is 0 Å². The first-order valence-electron chi connectivity index (χ1n) is 7.96. The molecule has 19 heavy (non-hydrogen) atoms. The van der Waals surface area contributed by atoms with E-state index in [2.05, 4.69) is 32.6 Å². The summed E-state index contributed by atoms with van der Waals surface area (Å²) in [7, 11) is 0. The number of carbonyl (C=O) groups excluding carboxylic acids is 1. The quantitative estimate of drug-likeness (QED) is 0.771. The van der Waals surface area contributed by atoms with Gasteiger partial charge in [-0.1, -0.05) is 34.1 Å². The molecule has 1 amide bonds. The van der Waals surface area contributed by atoms with Crippen LogP contribution in [-0.2, 0) is 4.79 Å². The van der Waals surface area contributed by atoms with E-state index in [1.54, 1.807) is 0 Å². The number of nitrogens with two attached hydrogens (primary N) is 1. The predicted molar refractivity (Wildman–Crippen MR) is 80.8 cm³/mol. The van der Waals surface area contributed by atoms with Gasteiger partial charge in [0.05, 0.1) is 5.92 Å². The fourth-order valence-corrected chi connectivity index (χ4v) is 2.69. The summed E-state index contributed by atoms with van der Waals surface area (Å²) in [4.78, 5) is 14.7. The van der Waals surface area contributed by atoms with Crippen molar-refractivity contribution >= 4 is 5.91 Å². The Labute approximate surface area is 118 Å². The topological polar surface area (TPSA) is 46.3 Å². The Balaban J connectivity index is 2.57. The largest absolute Gasteiger partial charge is 0.342 e. The number of hydrogen-bond acceptors (Lipinski definition) is 2. The molecule has 1 saturated carbocycles. The van der Waals surface area contributed by atoms with Crippen LogP contribution in [0.4, 0.5) is 0 Å². The second-order valence-electron chi connectivity index (χ2n) is 6.89. The number of rotatable bonds is 7. The van der Waals surface area contributed by atoms with Crippen molar-refractivity contribution in [2.24, 2.45) is 23.5 Å². The number of nitrogens with zero attached hydrogens (tertiary/aromatic N) is 1. The lowest BCUT2D eigenvalue weighted by Gasteiger charge is -2.28.